The molecule has 0 amide bonds. The minimum Gasteiger partial charge on any atom is -0.314 e. The highest BCUT2D eigenvalue weighted by Gasteiger charge is 2.01. The summed E-state index contributed by atoms with van der Waals surface area (Å²) in [6.07, 6.45) is 0. The molecule has 1 rings (SSSR count). The smallest absolute Gasteiger partial charge is 0.266 e. The lowest BCUT2D eigenvalue weighted by molar-refractivity contribution is 0.456. The molecular formula is C10H17N3O. The van der Waals surface area contributed by atoms with Crippen LogP contribution in [0.25, 0.3) is 0 Å². The summed E-state index contributed by atoms with van der Waals surface area (Å²) in [6.45, 7) is 5.51. The molecule has 78 valence electrons. The van der Waals surface area contributed by atoms with Crippen molar-refractivity contribution in [3.63, 3.8) is 0 Å². The van der Waals surface area contributed by atoms with E-state index in [1.165, 1.54) is 4.68 Å². The molecule has 14 heavy (non-hydrogen) atoms. The molecule has 4 nitrogen and oxygen atoms in total. The van der Waals surface area contributed by atoms with E-state index in [1.807, 2.05) is 7.05 Å². The van der Waals surface area contributed by atoms with Gasteiger partial charge in [0.15, 0.2) is 0 Å². The van der Waals surface area contributed by atoms with Gasteiger partial charge in [-0.2, -0.15) is 5.10 Å². The fraction of sp³-hybridized carbons (Fsp3) is 0.600. The zero-order valence-electron chi connectivity index (χ0n) is 8.95. The second kappa shape index (κ2) is 4.91. The van der Waals surface area contributed by atoms with Crippen molar-refractivity contribution in [2.45, 2.75) is 26.9 Å². The number of rotatable bonds is 4. The molecule has 1 aromatic rings. The Kier molecular flexibility index (Phi) is 3.83. The summed E-state index contributed by atoms with van der Waals surface area (Å²) in [6, 6.07) is 3.33. The van der Waals surface area contributed by atoms with E-state index in [2.05, 4.69) is 24.3 Å². The average Bonchev–Trinajstić information content (AvgIpc) is 2.10. The topological polar surface area (TPSA) is 46.9 Å². The van der Waals surface area contributed by atoms with Crippen LogP contribution in [0.3, 0.4) is 0 Å². The summed E-state index contributed by atoms with van der Waals surface area (Å²) in [4.78, 5) is 11.4. The molecule has 0 bridgehead atoms. The van der Waals surface area contributed by atoms with Crippen LogP contribution in [0.15, 0.2) is 16.9 Å². The molecule has 0 atom stereocenters. The summed E-state index contributed by atoms with van der Waals surface area (Å²) >= 11 is 0. The predicted octanol–water partition coefficient (Wildman–Crippen LogP) is 0.619. The van der Waals surface area contributed by atoms with Crippen molar-refractivity contribution < 1.29 is 0 Å². The molecule has 0 spiro atoms. The van der Waals surface area contributed by atoms with Crippen LogP contribution in [0, 0.1) is 5.92 Å². The Morgan fingerprint density at radius 3 is 2.79 bits per heavy atom. The van der Waals surface area contributed by atoms with Crippen molar-refractivity contribution in [3.05, 3.63) is 28.2 Å². The fourth-order valence-electron chi connectivity index (χ4n) is 1.24. The molecule has 0 saturated heterocycles. The molecule has 1 heterocycles. The Balaban J connectivity index is 2.90. The van der Waals surface area contributed by atoms with E-state index in [0.29, 0.717) is 19.0 Å². The third kappa shape index (κ3) is 2.96. The Morgan fingerprint density at radius 1 is 1.50 bits per heavy atom. The van der Waals surface area contributed by atoms with Gasteiger partial charge >= 0.3 is 0 Å². The largest absolute Gasteiger partial charge is 0.314 e. The predicted molar refractivity (Wildman–Crippen MR) is 56.1 cm³/mol. The molecule has 4 heteroatoms. The number of hydrogen-bond acceptors (Lipinski definition) is 3. The highest BCUT2D eigenvalue weighted by atomic mass is 16.1. The summed E-state index contributed by atoms with van der Waals surface area (Å²) in [5.74, 6) is 0.435. The Labute approximate surface area is 84.0 Å². The Bertz CT molecular complexity index is 343. The zero-order valence-corrected chi connectivity index (χ0v) is 8.95. The van der Waals surface area contributed by atoms with Crippen LogP contribution in [-0.4, -0.2) is 16.8 Å². The molecular weight excluding hydrogens is 178 g/mol. The molecule has 0 radical (unpaired) electrons. The molecule has 0 saturated carbocycles. The number of hydrogen-bond donors (Lipinski definition) is 1. The van der Waals surface area contributed by atoms with Crippen molar-refractivity contribution in [2.75, 3.05) is 7.05 Å². The maximum absolute atomic E-state index is 11.4. The van der Waals surface area contributed by atoms with Gasteiger partial charge < -0.3 is 5.32 Å². The summed E-state index contributed by atoms with van der Waals surface area (Å²) in [5.41, 5.74) is 0.867. The Morgan fingerprint density at radius 2 is 2.21 bits per heavy atom. The summed E-state index contributed by atoms with van der Waals surface area (Å²) in [7, 11) is 1.86. The molecule has 0 aliphatic heterocycles. The van der Waals surface area contributed by atoms with Crippen LogP contribution in [0.2, 0.25) is 0 Å². The molecule has 1 aromatic heterocycles. The van der Waals surface area contributed by atoms with E-state index >= 15 is 0 Å². The Hall–Kier alpha value is -1.16. The maximum atomic E-state index is 11.4. The van der Waals surface area contributed by atoms with Crippen LogP contribution in [0.1, 0.15) is 19.5 Å². The third-order valence-corrected chi connectivity index (χ3v) is 1.82. The van der Waals surface area contributed by atoms with Gasteiger partial charge in [0.05, 0.1) is 5.69 Å². The fourth-order valence-corrected chi connectivity index (χ4v) is 1.24. The van der Waals surface area contributed by atoms with Crippen molar-refractivity contribution >= 4 is 0 Å². The van der Waals surface area contributed by atoms with E-state index < -0.39 is 0 Å². The number of nitrogens with zero attached hydrogens (tertiary/aromatic N) is 2. The van der Waals surface area contributed by atoms with Gasteiger partial charge in [-0.25, -0.2) is 4.68 Å². The van der Waals surface area contributed by atoms with E-state index in [0.717, 1.165) is 5.69 Å². The van der Waals surface area contributed by atoms with Gasteiger partial charge in [0, 0.05) is 19.2 Å². The van der Waals surface area contributed by atoms with Crippen LogP contribution in [-0.2, 0) is 13.1 Å². The first-order valence-corrected chi connectivity index (χ1v) is 4.85. The van der Waals surface area contributed by atoms with E-state index in [-0.39, 0.29) is 5.56 Å². The first-order chi connectivity index (χ1) is 6.63. The molecule has 1 N–H and O–H groups in total. The summed E-state index contributed by atoms with van der Waals surface area (Å²) < 4.78 is 1.53. The van der Waals surface area contributed by atoms with Gasteiger partial charge in [0.2, 0.25) is 0 Å². The van der Waals surface area contributed by atoms with E-state index in [4.69, 9.17) is 0 Å². The molecule has 0 aliphatic carbocycles. The van der Waals surface area contributed by atoms with E-state index in [1.54, 1.807) is 12.1 Å². The highest BCUT2D eigenvalue weighted by molar-refractivity contribution is 4.99. The lowest BCUT2D eigenvalue weighted by atomic mass is 10.2. The summed E-state index contributed by atoms with van der Waals surface area (Å²) in [5, 5.41) is 7.25. The zero-order chi connectivity index (χ0) is 10.6. The van der Waals surface area contributed by atoms with Crippen molar-refractivity contribution in [1.29, 1.82) is 0 Å². The van der Waals surface area contributed by atoms with Gasteiger partial charge in [-0.3, -0.25) is 4.79 Å². The van der Waals surface area contributed by atoms with E-state index in [9.17, 15) is 4.79 Å². The first-order valence-electron chi connectivity index (χ1n) is 4.85. The van der Waals surface area contributed by atoms with Crippen molar-refractivity contribution in [1.82, 2.24) is 15.1 Å². The first kappa shape index (κ1) is 10.9. The normalized spacial score (nSPS) is 10.9. The minimum atomic E-state index is -0.0291. The molecule has 0 unspecified atom stereocenters. The molecule has 0 aliphatic rings. The molecule has 0 fully saturated rings. The van der Waals surface area contributed by atoms with Gasteiger partial charge in [0.25, 0.3) is 5.56 Å². The van der Waals surface area contributed by atoms with Crippen LogP contribution < -0.4 is 10.9 Å². The minimum absolute atomic E-state index is 0.0291. The van der Waals surface area contributed by atoms with Crippen LogP contribution in [0.5, 0.6) is 0 Å². The monoisotopic (exact) mass is 195 g/mol. The SMILES string of the molecule is CNCc1ccc(=O)n(CC(C)C)n1. The lowest BCUT2D eigenvalue weighted by Gasteiger charge is -2.08. The van der Waals surface area contributed by atoms with Crippen molar-refractivity contribution in [3.8, 4) is 0 Å². The second-order valence-corrected chi connectivity index (χ2v) is 3.77. The third-order valence-electron chi connectivity index (χ3n) is 1.82. The van der Waals surface area contributed by atoms with Crippen LogP contribution >= 0.6 is 0 Å². The van der Waals surface area contributed by atoms with Gasteiger partial charge in [0.1, 0.15) is 0 Å². The number of nitrogens with one attached hydrogen (secondary N) is 1. The van der Waals surface area contributed by atoms with Crippen LogP contribution in [0.4, 0.5) is 0 Å². The average molecular weight is 195 g/mol. The number of aromatic nitrogens is 2. The highest BCUT2D eigenvalue weighted by Crippen LogP contribution is 1.95. The second-order valence-electron chi connectivity index (χ2n) is 3.77. The van der Waals surface area contributed by atoms with Gasteiger partial charge in [-0.15, -0.1) is 0 Å². The molecule has 0 aromatic carbocycles. The van der Waals surface area contributed by atoms with Gasteiger partial charge in [-0.1, -0.05) is 13.8 Å². The quantitative estimate of drug-likeness (QED) is 0.766. The van der Waals surface area contributed by atoms with Crippen molar-refractivity contribution in [2.24, 2.45) is 5.92 Å². The lowest BCUT2D eigenvalue weighted by Crippen LogP contribution is -2.26. The maximum Gasteiger partial charge on any atom is 0.266 e. The van der Waals surface area contributed by atoms with Gasteiger partial charge in [-0.05, 0) is 19.0 Å². The standard InChI is InChI=1S/C10H17N3O/c1-8(2)7-13-10(14)5-4-9(12-13)6-11-3/h4-5,8,11H,6-7H2,1-3H3.